The minimum atomic E-state index is -0.441. The van der Waals surface area contributed by atoms with Gasteiger partial charge in [-0.3, -0.25) is 4.79 Å². The SMILES string of the molecule is CC(=O)Cc1ccc(F)c2c1OCCCO2. The van der Waals surface area contributed by atoms with Crippen molar-refractivity contribution in [3.05, 3.63) is 23.5 Å². The smallest absolute Gasteiger partial charge is 0.197 e. The van der Waals surface area contributed by atoms with Crippen molar-refractivity contribution >= 4 is 5.78 Å². The number of Topliss-reactive ketones (excluding diaryl/α,β-unsaturated/α-hetero) is 1. The van der Waals surface area contributed by atoms with Gasteiger partial charge in [0.2, 0.25) is 0 Å². The van der Waals surface area contributed by atoms with E-state index < -0.39 is 5.82 Å². The summed E-state index contributed by atoms with van der Waals surface area (Å²) in [6, 6.07) is 2.88. The quantitative estimate of drug-likeness (QED) is 0.771. The monoisotopic (exact) mass is 224 g/mol. The Kier molecular flexibility index (Phi) is 3.08. The number of ether oxygens (including phenoxy) is 2. The third kappa shape index (κ3) is 2.15. The molecule has 0 fully saturated rings. The van der Waals surface area contributed by atoms with Crippen molar-refractivity contribution < 1.29 is 18.7 Å². The molecule has 0 aromatic heterocycles. The number of fused-ring (bicyclic) bond motifs is 1. The van der Waals surface area contributed by atoms with Crippen LogP contribution in [0.5, 0.6) is 11.5 Å². The second-order valence-electron chi connectivity index (χ2n) is 3.79. The molecule has 0 saturated carbocycles. The van der Waals surface area contributed by atoms with Crippen molar-refractivity contribution in [1.29, 1.82) is 0 Å². The second kappa shape index (κ2) is 4.51. The molecule has 1 aromatic rings. The highest BCUT2D eigenvalue weighted by molar-refractivity contribution is 5.79. The molecule has 2 rings (SSSR count). The van der Waals surface area contributed by atoms with E-state index in [0.29, 0.717) is 30.9 Å². The van der Waals surface area contributed by atoms with Crippen LogP contribution in [-0.4, -0.2) is 19.0 Å². The van der Waals surface area contributed by atoms with Crippen molar-refractivity contribution in [2.45, 2.75) is 19.8 Å². The number of benzene rings is 1. The average Bonchev–Trinajstić information content (AvgIpc) is 2.47. The Bertz CT molecular complexity index is 415. The first-order valence-electron chi connectivity index (χ1n) is 5.25. The molecule has 0 N–H and O–H groups in total. The highest BCUT2D eigenvalue weighted by Crippen LogP contribution is 2.36. The number of hydrogen-bond acceptors (Lipinski definition) is 3. The van der Waals surface area contributed by atoms with E-state index in [4.69, 9.17) is 9.47 Å². The fraction of sp³-hybridized carbons (Fsp3) is 0.417. The summed E-state index contributed by atoms with van der Waals surface area (Å²) >= 11 is 0. The van der Waals surface area contributed by atoms with E-state index in [2.05, 4.69) is 0 Å². The maximum Gasteiger partial charge on any atom is 0.197 e. The van der Waals surface area contributed by atoms with Crippen molar-refractivity contribution in [2.75, 3.05) is 13.2 Å². The van der Waals surface area contributed by atoms with E-state index in [-0.39, 0.29) is 18.0 Å². The minimum Gasteiger partial charge on any atom is -0.489 e. The number of ketones is 1. The Morgan fingerprint density at radius 3 is 2.69 bits per heavy atom. The molecule has 16 heavy (non-hydrogen) atoms. The molecule has 0 radical (unpaired) electrons. The van der Waals surface area contributed by atoms with Gasteiger partial charge in [0.1, 0.15) is 5.78 Å². The van der Waals surface area contributed by atoms with E-state index in [1.54, 1.807) is 6.07 Å². The predicted molar refractivity (Wildman–Crippen MR) is 56.4 cm³/mol. The van der Waals surface area contributed by atoms with Crippen LogP contribution in [-0.2, 0) is 11.2 Å². The summed E-state index contributed by atoms with van der Waals surface area (Å²) < 4.78 is 24.2. The summed E-state index contributed by atoms with van der Waals surface area (Å²) in [5.41, 5.74) is 0.686. The molecule has 86 valence electrons. The zero-order valence-electron chi connectivity index (χ0n) is 9.09. The Morgan fingerprint density at radius 1 is 1.31 bits per heavy atom. The summed E-state index contributed by atoms with van der Waals surface area (Å²) in [6.07, 6.45) is 0.958. The van der Waals surface area contributed by atoms with Gasteiger partial charge in [0.25, 0.3) is 0 Å². The zero-order valence-corrected chi connectivity index (χ0v) is 9.09. The lowest BCUT2D eigenvalue weighted by Crippen LogP contribution is -2.03. The van der Waals surface area contributed by atoms with Gasteiger partial charge in [-0.15, -0.1) is 0 Å². The van der Waals surface area contributed by atoms with Gasteiger partial charge in [-0.25, -0.2) is 4.39 Å². The molecule has 1 aliphatic rings. The molecule has 0 amide bonds. The molecule has 0 aliphatic carbocycles. The fourth-order valence-electron chi connectivity index (χ4n) is 1.69. The summed E-state index contributed by atoms with van der Waals surface area (Å²) in [7, 11) is 0. The molecule has 1 aromatic carbocycles. The summed E-state index contributed by atoms with van der Waals surface area (Å²) in [5.74, 6) is 0.0924. The Balaban J connectivity index is 2.43. The molecule has 1 aliphatic heterocycles. The topological polar surface area (TPSA) is 35.5 Å². The first kappa shape index (κ1) is 10.9. The van der Waals surface area contributed by atoms with Crippen LogP contribution in [0.4, 0.5) is 4.39 Å². The van der Waals surface area contributed by atoms with Crippen LogP contribution >= 0.6 is 0 Å². The molecular formula is C12H13FO3. The molecule has 4 heteroatoms. The Hall–Kier alpha value is -1.58. The summed E-state index contributed by atoms with van der Waals surface area (Å²) in [6.45, 7) is 2.42. The van der Waals surface area contributed by atoms with Crippen LogP contribution in [0, 0.1) is 5.82 Å². The van der Waals surface area contributed by atoms with E-state index in [9.17, 15) is 9.18 Å². The third-order valence-electron chi connectivity index (χ3n) is 2.37. The lowest BCUT2D eigenvalue weighted by Gasteiger charge is -2.12. The summed E-state index contributed by atoms with van der Waals surface area (Å²) in [4.78, 5) is 11.1. The molecule has 0 atom stereocenters. The van der Waals surface area contributed by atoms with E-state index in [1.165, 1.54) is 13.0 Å². The molecule has 0 unspecified atom stereocenters. The van der Waals surface area contributed by atoms with Crippen LogP contribution < -0.4 is 9.47 Å². The second-order valence-corrected chi connectivity index (χ2v) is 3.79. The predicted octanol–water partition coefficient (Wildman–Crippen LogP) is 2.12. The number of halogens is 1. The van der Waals surface area contributed by atoms with Gasteiger partial charge in [-0.1, -0.05) is 6.07 Å². The zero-order chi connectivity index (χ0) is 11.5. The van der Waals surface area contributed by atoms with Crippen LogP contribution in [0.3, 0.4) is 0 Å². The lowest BCUT2D eigenvalue weighted by molar-refractivity contribution is -0.116. The van der Waals surface area contributed by atoms with Gasteiger partial charge in [-0.05, 0) is 13.0 Å². The number of carbonyl (C=O) groups is 1. The standard InChI is InChI=1S/C12H13FO3/c1-8(14)7-9-3-4-10(13)12-11(9)15-5-2-6-16-12/h3-4H,2,5-7H2,1H3. The number of hydrogen-bond donors (Lipinski definition) is 0. The largest absolute Gasteiger partial charge is 0.489 e. The van der Waals surface area contributed by atoms with Gasteiger partial charge < -0.3 is 9.47 Å². The van der Waals surface area contributed by atoms with Gasteiger partial charge in [-0.2, -0.15) is 0 Å². The van der Waals surface area contributed by atoms with Crippen molar-refractivity contribution in [1.82, 2.24) is 0 Å². The minimum absolute atomic E-state index is 0.0154. The van der Waals surface area contributed by atoms with Gasteiger partial charge in [0.15, 0.2) is 17.3 Å². The molecule has 0 bridgehead atoms. The maximum absolute atomic E-state index is 13.5. The van der Waals surface area contributed by atoms with Crippen LogP contribution in [0.1, 0.15) is 18.9 Å². The molecule has 0 saturated heterocycles. The van der Waals surface area contributed by atoms with E-state index >= 15 is 0 Å². The molecule has 1 heterocycles. The first-order chi connectivity index (χ1) is 7.68. The third-order valence-corrected chi connectivity index (χ3v) is 2.37. The molecule has 0 spiro atoms. The molecule has 3 nitrogen and oxygen atoms in total. The number of rotatable bonds is 2. The maximum atomic E-state index is 13.5. The normalized spacial score (nSPS) is 14.4. The van der Waals surface area contributed by atoms with E-state index in [1.807, 2.05) is 0 Å². The lowest BCUT2D eigenvalue weighted by atomic mass is 10.1. The highest BCUT2D eigenvalue weighted by Gasteiger charge is 2.19. The van der Waals surface area contributed by atoms with Crippen LogP contribution in [0.25, 0.3) is 0 Å². The van der Waals surface area contributed by atoms with E-state index in [0.717, 1.165) is 0 Å². The Labute approximate surface area is 93.2 Å². The fourth-order valence-corrected chi connectivity index (χ4v) is 1.69. The first-order valence-corrected chi connectivity index (χ1v) is 5.25. The van der Waals surface area contributed by atoms with Crippen LogP contribution in [0.15, 0.2) is 12.1 Å². The highest BCUT2D eigenvalue weighted by atomic mass is 19.1. The number of carbonyl (C=O) groups excluding carboxylic acids is 1. The van der Waals surface area contributed by atoms with Gasteiger partial charge in [0, 0.05) is 18.4 Å². The Morgan fingerprint density at radius 2 is 2.00 bits per heavy atom. The van der Waals surface area contributed by atoms with Crippen molar-refractivity contribution in [3.8, 4) is 11.5 Å². The van der Waals surface area contributed by atoms with Crippen molar-refractivity contribution in [2.24, 2.45) is 0 Å². The van der Waals surface area contributed by atoms with Crippen LogP contribution in [0.2, 0.25) is 0 Å². The van der Waals surface area contributed by atoms with Gasteiger partial charge >= 0.3 is 0 Å². The van der Waals surface area contributed by atoms with Gasteiger partial charge in [0.05, 0.1) is 13.2 Å². The summed E-state index contributed by atoms with van der Waals surface area (Å²) in [5, 5.41) is 0. The average molecular weight is 224 g/mol. The van der Waals surface area contributed by atoms with Crippen molar-refractivity contribution in [3.63, 3.8) is 0 Å². The molecular weight excluding hydrogens is 211 g/mol.